The third-order valence-electron chi connectivity index (χ3n) is 5.68. The zero-order chi connectivity index (χ0) is 28.2. The van der Waals surface area contributed by atoms with Gasteiger partial charge >= 0.3 is 0 Å². The molecule has 2 aromatic carbocycles. The van der Waals surface area contributed by atoms with E-state index < -0.39 is 47.5 Å². The van der Waals surface area contributed by atoms with Gasteiger partial charge in [-0.2, -0.15) is 0 Å². The minimum atomic E-state index is -1.03. The quantitative estimate of drug-likeness (QED) is 0.299. The lowest BCUT2D eigenvalue weighted by atomic mass is 9.99. The van der Waals surface area contributed by atoms with E-state index in [-0.39, 0.29) is 24.8 Å². The molecule has 3 atom stereocenters. The number of Topliss-reactive ketones (excluding diaryl/α,β-unsaturated/α-hetero) is 1. The Morgan fingerprint density at radius 2 is 1.24 bits per heavy atom. The summed E-state index contributed by atoms with van der Waals surface area (Å²) in [6, 6.07) is 14.5. The van der Waals surface area contributed by atoms with E-state index in [1.54, 1.807) is 44.2 Å². The molecule has 0 aliphatic rings. The fourth-order valence-electron chi connectivity index (χ4n) is 3.76. The van der Waals surface area contributed by atoms with Crippen molar-refractivity contribution in [1.82, 2.24) is 21.3 Å². The molecule has 38 heavy (non-hydrogen) atoms. The summed E-state index contributed by atoms with van der Waals surface area (Å²) in [7, 11) is 0. The number of carbonyl (C=O) groups is 5. The highest BCUT2D eigenvalue weighted by molar-refractivity contribution is 6.38. The van der Waals surface area contributed by atoms with Crippen LogP contribution in [0, 0.1) is 5.92 Å². The molecule has 9 nitrogen and oxygen atoms in total. The van der Waals surface area contributed by atoms with Gasteiger partial charge in [-0.15, -0.1) is 0 Å². The van der Waals surface area contributed by atoms with Gasteiger partial charge in [0.05, 0.1) is 6.04 Å². The molecule has 0 saturated carbocycles. The van der Waals surface area contributed by atoms with Crippen molar-refractivity contribution < 1.29 is 24.0 Å². The Balaban J connectivity index is 2.13. The highest BCUT2D eigenvalue weighted by Gasteiger charge is 2.31. The smallest absolute Gasteiger partial charge is 0.289 e. The summed E-state index contributed by atoms with van der Waals surface area (Å²) in [6.07, 6.45) is 0.476. The van der Waals surface area contributed by atoms with E-state index in [1.165, 1.54) is 6.92 Å². The molecule has 4 N–H and O–H groups in total. The first kappa shape index (κ1) is 30.2. The second-order valence-corrected chi connectivity index (χ2v) is 10.00. The lowest BCUT2D eigenvalue weighted by Crippen LogP contribution is -2.56. The van der Waals surface area contributed by atoms with Crippen LogP contribution in [0.2, 0.25) is 0 Å². The Morgan fingerprint density at radius 3 is 1.79 bits per heavy atom. The van der Waals surface area contributed by atoms with Gasteiger partial charge in [-0.25, -0.2) is 0 Å². The van der Waals surface area contributed by atoms with E-state index in [4.69, 9.17) is 0 Å². The summed E-state index contributed by atoms with van der Waals surface area (Å²) in [5.41, 5.74) is 1.23. The third-order valence-corrected chi connectivity index (χ3v) is 5.68. The highest BCUT2D eigenvalue weighted by Crippen LogP contribution is 2.08. The van der Waals surface area contributed by atoms with Gasteiger partial charge in [0.25, 0.3) is 11.8 Å². The molecule has 2 rings (SSSR count). The zero-order valence-electron chi connectivity index (χ0n) is 22.6. The van der Waals surface area contributed by atoms with Crippen LogP contribution in [0.5, 0.6) is 0 Å². The average Bonchev–Trinajstić information content (AvgIpc) is 2.87. The molecule has 0 unspecified atom stereocenters. The Labute approximate surface area is 224 Å². The Morgan fingerprint density at radius 1 is 0.658 bits per heavy atom. The van der Waals surface area contributed by atoms with E-state index >= 15 is 0 Å². The molecule has 2 aromatic rings. The Bertz CT molecular complexity index is 1100. The lowest BCUT2D eigenvalue weighted by molar-refractivity contribution is -0.141. The largest absolute Gasteiger partial charge is 0.347 e. The maximum atomic E-state index is 13.2. The summed E-state index contributed by atoms with van der Waals surface area (Å²) in [5.74, 6) is -3.06. The first-order valence-electron chi connectivity index (χ1n) is 12.8. The van der Waals surface area contributed by atoms with E-state index in [0.29, 0.717) is 5.56 Å². The number of hydrogen-bond acceptors (Lipinski definition) is 5. The predicted molar refractivity (Wildman–Crippen MR) is 145 cm³/mol. The highest BCUT2D eigenvalue weighted by atomic mass is 16.2. The molecule has 0 heterocycles. The van der Waals surface area contributed by atoms with Crippen LogP contribution < -0.4 is 21.3 Å². The standard InChI is InChI=1S/C29H38N4O5/c1-18(2)16-23(25(34)29(38)30-19(3)4)32-26(35)20(5)31-28(37)24(17-21-12-8-6-9-13-21)33-27(36)22-14-10-7-11-15-22/h6-15,18-20,23-24H,16-17H2,1-5H3,(H,30,38)(H,31,37)(H,32,35)(H,33,36)/t20-,23-,24-/m0/s1. The van der Waals surface area contributed by atoms with Gasteiger partial charge in [-0.3, -0.25) is 24.0 Å². The molecule has 0 aliphatic carbocycles. The maximum absolute atomic E-state index is 13.2. The predicted octanol–water partition coefficient (Wildman–Crippen LogP) is 2.16. The SMILES string of the molecule is CC(C)C[C@H](NC(=O)[C@H](C)NC(=O)[C@H](Cc1ccccc1)NC(=O)c1ccccc1)C(=O)C(=O)NC(C)C. The van der Waals surface area contributed by atoms with Gasteiger partial charge in [-0.1, -0.05) is 62.4 Å². The number of benzene rings is 2. The van der Waals surface area contributed by atoms with Crippen LogP contribution in [0.15, 0.2) is 60.7 Å². The minimum absolute atomic E-state index is 0.0319. The van der Waals surface area contributed by atoms with Crippen molar-refractivity contribution in [3.05, 3.63) is 71.8 Å². The second kappa shape index (κ2) is 14.7. The second-order valence-electron chi connectivity index (χ2n) is 10.00. The molecule has 4 amide bonds. The number of amides is 4. The van der Waals surface area contributed by atoms with Crippen LogP contribution in [0.3, 0.4) is 0 Å². The van der Waals surface area contributed by atoms with Crippen LogP contribution in [0.4, 0.5) is 0 Å². The van der Waals surface area contributed by atoms with Gasteiger partial charge in [0, 0.05) is 18.0 Å². The van der Waals surface area contributed by atoms with E-state index in [1.807, 2.05) is 44.2 Å². The van der Waals surface area contributed by atoms with E-state index in [9.17, 15) is 24.0 Å². The van der Waals surface area contributed by atoms with Crippen molar-refractivity contribution in [2.75, 3.05) is 0 Å². The molecule has 0 spiro atoms. The summed E-state index contributed by atoms with van der Waals surface area (Å²) in [4.78, 5) is 63.9. The van der Waals surface area contributed by atoms with Gasteiger partial charge in [0.1, 0.15) is 12.1 Å². The van der Waals surface area contributed by atoms with Crippen LogP contribution in [-0.2, 0) is 25.6 Å². The number of ketones is 1. The van der Waals surface area contributed by atoms with E-state index in [0.717, 1.165) is 5.56 Å². The number of nitrogens with one attached hydrogen (secondary N) is 4. The summed E-state index contributed by atoms with van der Waals surface area (Å²) in [5, 5.41) is 10.6. The molecule has 0 saturated heterocycles. The first-order valence-corrected chi connectivity index (χ1v) is 12.8. The zero-order valence-corrected chi connectivity index (χ0v) is 22.6. The van der Waals surface area contributed by atoms with Crippen molar-refractivity contribution in [2.24, 2.45) is 5.92 Å². The number of carbonyl (C=O) groups excluding carboxylic acids is 5. The van der Waals surface area contributed by atoms with Gasteiger partial charge < -0.3 is 21.3 Å². The molecule has 0 fully saturated rings. The average molecular weight is 523 g/mol. The first-order chi connectivity index (χ1) is 18.0. The fourth-order valence-corrected chi connectivity index (χ4v) is 3.76. The minimum Gasteiger partial charge on any atom is -0.347 e. The molecular weight excluding hydrogens is 484 g/mol. The van der Waals surface area contributed by atoms with Crippen LogP contribution in [0.1, 0.15) is 57.0 Å². The normalized spacial score (nSPS) is 13.2. The monoisotopic (exact) mass is 522 g/mol. The van der Waals surface area contributed by atoms with Crippen LogP contribution >= 0.6 is 0 Å². The summed E-state index contributed by atoms with van der Waals surface area (Å²) < 4.78 is 0. The molecule has 0 aliphatic heterocycles. The molecule has 0 radical (unpaired) electrons. The number of hydrogen-bond donors (Lipinski definition) is 4. The Hall–Kier alpha value is -4.01. The van der Waals surface area contributed by atoms with Gasteiger partial charge in [0.2, 0.25) is 17.6 Å². The van der Waals surface area contributed by atoms with Crippen molar-refractivity contribution >= 4 is 29.4 Å². The summed E-state index contributed by atoms with van der Waals surface area (Å²) >= 11 is 0. The van der Waals surface area contributed by atoms with Crippen molar-refractivity contribution in [2.45, 2.75) is 71.6 Å². The van der Waals surface area contributed by atoms with Crippen molar-refractivity contribution in [1.29, 1.82) is 0 Å². The van der Waals surface area contributed by atoms with Crippen LogP contribution in [0.25, 0.3) is 0 Å². The Kier molecular flexibility index (Phi) is 11.7. The topological polar surface area (TPSA) is 133 Å². The third kappa shape index (κ3) is 9.80. The molecule has 0 aromatic heterocycles. The van der Waals surface area contributed by atoms with Crippen molar-refractivity contribution in [3.8, 4) is 0 Å². The van der Waals surface area contributed by atoms with E-state index in [2.05, 4.69) is 21.3 Å². The lowest BCUT2D eigenvalue weighted by Gasteiger charge is -2.24. The molecular formula is C29H38N4O5. The van der Waals surface area contributed by atoms with Crippen LogP contribution in [-0.4, -0.2) is 53.6 Å². The molecule has 9 heteroatoms. The maximum Gasteiger partial charge on any atom is 0.289 e. The fraction of sp³-hybridized carbons (Fsp3) is 0.414. The van der Waals surface area contributed by atoms with Gasteiger partial charge in [0.15, 0.2) is 0 Å². The van der Waals surface area contributed by atoms with Crippen molar-refractivity contribution in [3.63, 3.8) is 0 Å². The molecule has 0 bridgehead atoms. The number of rotatable bonds is 13. The molecule has 204 valence electrons. The van der Waals surface area contributed by atoms with Gasteiger partial charge in [-0.05, 0) is 50.8 Å². The summed E-state index contributed by atoms with van der Waals surface area (Å²) in [6.45, 7) is 8.71.